The number of hydrogen-bond acceptors (Lipinski definition) is 2. The highest BCUT2D eigenvalue weighted by molar-refractivity contribution is 4.95. The SMILES string of the molecule is C[C@]12CNCC[C@H]1OC2. The lowest BCUT2D eigenvalue weighted by atomic mass is 9.76. The maximum absolute atomic E-state index is 5.40. The van der Waals surface area contributed by atoms with Gasteiger partial charge in [0, 0.05) is 12.0 Å². The van der Waals surface area contributed by atoms with Crippen LogP contribution in [0.3, 0.4) is 0 Å². The van der Waals surface area contributed by atoms with Gasteiger partial charge in [-0.25, -0.2) is 0 Å². The predicted molar refractivity (Wildman–Crippen MR) is 35.3 cm³/mol. The Hall–Kier alpha value is -0.0800. The fourth-order valence-electron chi connectivity index (χ4n) is 1.69. The molecule has 0 bridgehead atoms. The summed E-state index contributed by atoms with van der Waals surface area (Å²) in [5, 5.41) is 3.38. The third kappa shape index (κ3) is 0.700. The van der Waals surface area contributed by atoms with E-state index in [0.29, 0.717) is 11.5 Å². The van der Waals surface area contributed by atoms with Gasteiger partial charge in [0.25, 0.3) is 0 Å². The van der Waals surface area contributed by atoms with Crippen molar-refractivity contribution in [3.63, 3.8) is 0 Å². The molecule has 9 heavy (non-hydrogen) atoms. The molecule has 2 atom stereocenters. The highest BCUT2D eigenvalue weighted by atomic mass is 16.5. The molecule has 0 spiro atoms. The van der Waals surface area contributed by atoms with Gasteiger partial charge in [-0.05, 0) is 13.0 Å². The van der Waals surface area contributed by atoms with Crippen LogP contribution in [-0.2, 0) is 4.74 Å². The van der Waals surface area contributed by atoms with Gasteiger partial charge in [0.1, 0.15) is 0 Å². The second-order valence-corrected chi connectivity index (χ2v) is 3.42. The molecule has 2 saturated heterocycles. The monoisotopic (exact) mass is 127 g/mol. The Morgan fingerprint density at radius 2 is 2.56 bits per heavy atom. The van der Waals surface area contributed by atoms with Gasteiger partial charge in [-0.1, -0.05) is 6.92 Å². The van der Waals surface area contributed by atoms with E-state index >= 15 is 0 Å². The Labute approximate surface area is 55.6 Å². The van der Waals surface area contributed by atoms with Crippen LogP contribution in [0, 0.1) is 5.41 Å². The molecule has 0 aliphatic carbocycles. The van der Waals surface area contributed by atoms with E-state index in [4.69, 9.17) is 4.74 Å². The first kappa shape index (κ1) is 5.69. The average molecular weight is 127 g/mol. The zero-order valence-corrected chi connectivity index (χ0v) is 5.81. The summed E-state index contributed by atoms with van der Waals surface area (Å²) in [5.74, 6) is 0. The van der Waals surface area contributed by atoms with Crippen LogP contribution in [0.15, 0.2) is 0 Å². The zero-order chi connectivity index (χ0) is 6.32. The van der Waals surface area contributed by atoms with E-state index in [1.54, 1.807) is 0 Å². The van der Waals surface area contributed by atoms with E-state index in [1.165, 1.54) is 6.42 Å². The van der Waals surface area contributed by atoms with Crippen LogP contribution in [0.5, 0.6) is 0 Å². The fourth-order valence-corrected chi connectivity index (χ4v) is 1.69. The van der Waals surface area contributed by atoms with Gasteiger partial charge >= 0.3 is 0 Å². The van der Waals surface area contributed by atoms with Crippen molar-refractivity contribution >= 4 is 0 Å². The lowest BCUT2D eigenvalue weighted by Crippen LogP contribution is -2.59. The van der Waals surface area contributed by atoms with Gasteiger partial charge in [-0.3, -0.25) is 0 Å². The van der Waals surface area contributed by atoms with Gasteiger partial charge < -0.3 is 10.1 Å². The van der Waals surface area contributed by atoms with Crippen molar-refractivity contribution in [3.8, 4) is 0 Å². The minimum Gasteiger partial charge on any atom is -0.377 e. The molecule has 0 aromatic carbocycles. The fraction of sp³-hybridized carbons (Fsp3) is 1.00. The van der Waals surface area contributed by atoms with E-state index in [2.05, 4.69) is 12.2 Å². The molecule has 2 aliphatic heterocycles. The highest BCUT2D eigenvalue weighted by Gasteiger charge is 2.45. The van der Waals surface area contributed by atoms with Crippen molar-refractivity contribution < 1.29 is 4.74 Å². The second kappa shape index (κ2) is 1.70. The second-order valence-electron chi connectivity index (χ2n) is 3.42. The molecule has 52 valence electrons. The normalized spacial score (nSPS) is 49.7. The van der Waals surface area contributed by atoms with Gasteiger partial charge in [0.05, 0.1) is 12.7 Å². The number of hydrogen-bond donors (Lipinski definition) is 1. The molecule has 2 nitrogen and oxygen atoms in total. The average Bonchev–Trinajstić information content (AvgIpc) is 1.82. The maximum atomic E-state index is 5.40. The minimum absolute atomic E-state index is 0.484. The Balaban J connectivity index is 2.05. The molecule has 2 fully saturated rings. The van der Waals surface area contributed by atoms with Crippen molar-refractivity contribution in [2.24, 2.45) is 5.41 Å². The summed E-state index contributed by atoms with van der Waals surface area (Å²) in [6.45, 7) is 5.55. The van der Waals surface area contributed by atoms with Crippen molar-refractivity contribution in [2.45, 2.75) is 19.4 Å². The number of piperidine rings is 1. The van der Waals surface area contributed by atoms with Crippen molar-refractivity contribution in [1.29, 1.82) is 0 Å². The predicted octanol–water partition coefficient (Wildman–Crippen LogP) is 0.385. The van der Waals surface area contributed by atoms with E-state index in [-0.39, 0.29) is 0 Å². The van der Waals surface area contributed by atoms with Crippen LogP contribution < -0.4 is 5.32 Å². The Kier molecular flexibility index (Phi) is 1.08. The smallest absolute Gasteiger partial charge is 0.0675 e. The number of fused-ring (bicyclic) bond motifs is 1. The topological polar surface area (TPSA) is 21.3 Å². The Morgan fingerprint density at radius 1 is 1.67 bits per heavy atom. The Morgan fingerprint density at radius 3 is 2.89 bits per heavy atom. The van der Waals surface area contributed by atoms with Crippen molar-refractivity contribution in [1.82, 2.24) is 5.32 Å². The van der Waals surface area contributed by atoms with Crippen LogP contribution in [0.2, 0.25) is 0 Å². The quantitative estimate of drug-likeness (QED) is 0.508. The summed E-state index contributed by atoms with van der Waals surface area (Å²) in [6, 6.07) is 0. The molecule has 1 N–H and O–H groups in total. The van der Waals surface area contributed by atoms with Crippen LogP contribution in [0.4, 0.5) is 0 Å². The van der Waals surface area contributed by atoms with Crippen LogP contribution in [0.25, 0.3) is 0 Å². The molecular weight excluding hydrogens is 114 g/mol. The first-order valence-corrected chi connectivity index (χ1v) is 3.64. The summed E-state index contributed by atoms with van der Waals surface area (Å²) < 4.78 is 5.40. The molecule has 0 aromatic heterocycles. The molecule has 0 radical (unpaired) electrons. The van der Waals surface area contributed by atoms with E-state index in [0.717, 1.165) is 19.7 Å². The van der Waals surface area contributed by atoms with Gasteiger partial charge in [0.15, 0.2) is 0 Å². The van der Waals surface area contributed by atoms with Gasteiger partial charge in [0.2, 0.25) is 0 Å². The minimum atomic E-state index is 0.484. The van der Waals surface area contributed by atoms with Crippen LogP contribution >= 0.6 is 0 Å². The summed E-state index contributed by atoms with van der Waals surface area (Å²) in [7, 11) is 0. The Bertz CT molecular complexity index is 126. The van der Waals surface area contributed by atoms with Crippen molar-refractivity contribution in [2.75, 3.05) is 19.7 Å². The first-order chi connectivity index (χ1) is 4.31. The van der Waals surface area contributed by atoms with E-state index in [9.17, 15) is 0 Å². The molecule has 2 aliphatic rings. The van der Waals surface area contributed by atoms with Crippen LogP contribution in [0.1, 0.15) is 13.3 Å². The van der Waals surface area contributed by atoms with E-state index in [1.807, 2.05) is 0 Å². The molecule has 0 amide bonds. The summed E-state index contributed by atoms with van der Waals surface area (Å²) >= 11 is 0. The number of rotatable bonds is 0. The summed E-state index contributed by atoms with van der Waals surface area (Å²) in [6.07, 6.45) is 1.77. The first-order valence-electron chi connectivity index (χ1n) is 3.64. The van der Waals surface area contributed by atoms with Gasteiger partial charge in [-0.2, -0.15) is 0 Å². The third-order valence-electron chi connectivity index (χ3n) is 2.50. The largest absolute Gasteiger partial charge is 0.377 e. The molecule has 2 heteroatoms. The third-order valence-corrected chi connectivity index (χ3v) is 2.50. The summed E-state index contributed by atoms with van der Waals surface area (Å²) in [4.78, 5) is 0. The number of ether oxygens (including phenoxy) is 1. The van der Waals surface area contributed by atoms with E-state index < -0.39 is 0 Å². The molecule has 2 rings (SSSR count). The van der Waals surface area contributed by atoms with Crippen molar-refractivity contribution in [3.05, 3.63) is 0 Å². The maximum Gasteiger partial charge on any atom is 0.0675 e. The lowest BCUT2D eigenvalue weighted by molar-refractivity contribution is -0.188. The molecule has 0 saturated carbocycles. The zero-order valence-electron chi connectivity index (χ0n) is 5.81. The molecule has 0 aromatic rings. The molecule has 0 unspecified atom stereocenters. The molecular formula is C7H13NO. The summed E-state index contributed by atoms with van der Waals surface area (Å²) in [5.41, 5.74) is 0.484. The standard InChI is InChI=1S/C7H13NO/c1-7-4-8-3-2-6(7)9-5-7/h6,8H,2-5H2,1H3/t6-,7-/m1/s1. The lowest BCUT2D eigenvalue weighted by Gasteiger charge is -2.50. The number of nitrogens with one attached hydrogen (secondary N) is 1. The van der Waals surface area contributed by atoms with Gasteiger partial charge in [-0.15, -0.1) is 0 Å². The highest BCUT2D eigenvalue weighted by Crippen LogP contribution is 2.37. The molecule has 2 heterocycles. The van der Waals surface area contributed by atoms with Crippen LogP contribution in [-0.4, -0.2) is 25.8 Å².